The molecule has 0 bridgehead atoms. The Morgan fingerprint density at radius 1 is 0.897 bits per heavy atom. The van der Waals surface area contributed by atoms with Crippen LogP contribution in [0.1, 0.15) is 18.4 Å². The molecule has 0 radical (unpaired) electrons. The molecule has 4 aromatic heterocycles. The third-order valence-electron chi connectivity index (χ3n) is 7.83. The van der Waals surface area contributed by atoms with Gasteiger partial charge in [0.05, 0.1) is 35.5 Å². The van der Waals surface area contributed by atoms with Crippen molar-refractivity contribution in [1.29, 1.82) is 0 Å². The second-order valence-electron chi connectivity index (χ2n) is 10.3. The summed E-state index contributed by atoms with van der Waals surface area (Å²) in [7, 11) is 0. The average molecular weight is 533 g/mol. The van der Waals surface area contributed by atoms with Crippen LogP contribution in [0.3, 0.4) is 0 Å². The van der Waals surface area contributed by atoms with Crippen molar-refractivity contribution in [2.75, 3.05) is 13.2 Å². The van der Waals surface area contributed by atoms with Gasteiger partial charge >= 0.3 is 0 Å². The number of fused-ring (bicyclic) bond motifs is 3. The molecule has 5 heterocycles. The second-order valence-corrected chi connectivity index (χ2v) is 11.0. The summed E-state index contributed by atoms with van der Waals surface area (Å²) >= 11 is 1.54. The maximum atomic E-state index is 6.76. The van der Waals surface area contributed by atoms with Gasteiger partial charge in [-0.2, -0.15) is 0 Å². The van der Waals surface area contributed by atoms with E-state index >= 15 is 0 Å². The van der Waals surface area contributed by atoms with Gasteiger partial charge in [0.2, 0.25) is 0 Å². The highest BCUT2D eigenvalue weighted by atomic mass is 32.1. The number of pyridine rings is 2. The molecule has 8 nitrogen and oxygen atoms in total. The minimum atomic E-state index is -0.500. The Morgan fingerprint density at radius 2 is 1.69 bits per heavy atom. The first-order chi connectivity index (χ1) is 19.1. The lowest BCUT2D eigenvalue weighted by Gasteiger charge is -2.50. The molecule has 0 atom stereocenters. The first-order valence-corrected chi connectivity index (χ1v) is 13.9. The molecule has 2 aliphatic rings. The minimum Gasteiger partial charge on any atom is -0.347 e. The average Bonchev–Trinajstić information content (AvgIpc) is 3.74. The van der Waals surface area contributed by atoms with Gasteiger partial charge in [-0.15, -0.1) is 21.5 Å². The number of benzene rings is 2. The summed E-state index contributed by atoms with van der Waals surface area (Å²) in [5, 5.41) is 11.9. The van der Waals surface area contributed by atoms with E-state index in [4.69, 9.17) is 20.2 Å². The van der Waals surface area contributed by atoms with E-state index in [1.54, 1.807) is 5.51 Å². The van der Waals surface area contributed by atoms with E-state index in [2.05, 4.69) is 57.6 Å². The van der Waals surface area contributed by atoms with Gasteiger partial charge in [-0.3, -0.25) is 4.40 Å². The summed E-state index contributed by atoms with van der Waals surface area (Å²) < 4.78 is 13.6. The number of nitrogens with two attached hydrogens (primary N) is 1. The summed E-state index contributed by atoms with van der Waals surface area (Å²) in [6, 6.07) is 23.0. The Morgan fingerprint density at radius 3 is 2.44 bits per heavy atom. The number of rotatable bonds is 4. The highest BCUT2D eigenvalue weighted by Gasteiger charge is 2.57. The van der Waals surface area contributed by atoms with E-state index in [-0.39, 0.29) is 0 Å². The summed E-state index contributed by atoms with van der Waals surface area (Å²) in [5.41, 5.74) is 15.6. The zero-order chi connectivity index (χ0) is 26.0. The lowest BCUT2D eigenvalue weighted by atomic mass is 9.68. The van der Waals surface area contributed by atoms with Gasteiger partial charge in [0.25, 0.3) is 0 Å². The molecule has 1 aliphatic carbocycles. The molecule has 1 spiro atoms. The molecule has 0 unspecified atom stereocenters. The molecule has 2 aromatic carbocycles. The quantitative estimate of drug-likeness (QED) is 0.323. The summed E-state index contributed by atoms with van der Waals surface area (Å²) in [4.78, 5) is 9.58. The van der Waals surface area contributed by atoms with E-state index in [1.165, 1.54) is 11.3 Å². The third-order valence-corrected chi connectivity index (χ3v) is 8.42. The largest absolute Gasteiger partial charge is 0.347 e. The van der Waals surface area contributed by atoms with Crippen molar-refractivity contribution in [2.24, 2.45) is 5.73 Å². The van der Waals surface area contributed by atoms with Crippen LogP contribution in [-0.4, -0.2) is 43.6 Å². The zero-order valence-corrected chi connectivity index (χ0v) is 21.8. The van der Waals surface area contributed by atoms with Gasteiger partial charge in [-0.1, -0.05) is 54.6 Å². The van der Waals surface area contributed by atoms with Crippen LogP contribution in [0.4, 0.5) is 0 Å². The van der Waals surface area contributed by atoms with Crippen molar-refractivity contribution < 1.29 is 9.47 Å². The zero-order valence-electron chi connectivity index (χ0n) is 20.9. The van der Waals surface area contributed by atoms with Crippen molar-refractivity contribution >= 4 is 27.9 Å². The van der Waals surface area contributed by atoms with E-state index in [0.29, 0.717) is 26.1 Å². The molecule has 0 amide bonds. The van der Waals surface area contributed by atoms with Gasteiger partial charge in [0, 0.05) is 40.9 Å². The number of ether oxygens (including phenoxy) is 2. The molecule has 6 aromatic rings. The molecule has 8 rings (SSSR count). The maximum absolute atomic E-state index is 6.76. The minimum absolute atomic E-state index is 0.448. The van der Waals surface area contributed by atoms with E-state index in [1.807, 2.05) is 40.2 Å². The Labute approximate surface area is 228 Å². The molecule has 192 valence electrons. The molecular weight excluding hydrogens is 508 g/mol. The number of hydrogen-bond donors (Lipinski definition) is 1. The van der Waals surface area contributed by atoms with Gasteiger partial charge in [0.1, 0.15) is 5.69 Å². The molecule has 2 fully saturated rings. The molecular formula is C30H24N6O2S. The normalized spacial score (nSPS) is 17.7. The highest BCUT2D eigenvalue weighted by molar-refractivity contribution is 7.07. The lowest BCUT2D eigenvalue weighted by Crippen LogP contribution is -2.60. The predicted molar refractivity (Wildman–Crippen MR) is 150 cm³/mol. The van der Waals surface area contributed by atoms with Gasteiger partial charge < -0.3 is 15.2 Å². The van der Waals surface area contributed by atoms with Crippen LogP contribution in [-0.2, 0) is 15.0 Å². The maximum Gasteiger partial charge on any atom is 0.187 e. The van der Waals surface area contributed by atoms with Gasteiger partial charge in [-0.05, 0) is 23.3 Å². The van der Waals surface area contributed by atoms with Crippen LogP contribution in [0.2, 0.25) is 0 Å². The monoisotopic (exact) mass is 532 g/mol. The first-order valence-electron chi connectivity index (χ1n) is 12.9. The molecule has 1 aliphatic heterocycles. The van der Waals surface area contributed by atoms with Crippen LogP contribution in [0.25, 0.3) is 50.5 Å². The van der Waals surface area contributed by atoms with Crippen LogP contribution >= 0.6 is 11.3 Å². The molecule has 1 saturated carbocycles. The number of hydrogen-bond acceptors (Lipinski definition) is 8. The Kier molecular flexibility index (Phi) is 4.99. The molecule has 39 heavy (non-hydrogen) atoms. The van der Waals surface area contributed by atoms with Gasteiger partial charge in [0.15, 0.2) is 17.3 Å². The van der Waals surface area contributed by atoms with Gasteiger partial charge in [-0.25, -0.2) is 9.97 Å². The summed E-state index contributed by atoms with van der Waals surface area (Å²) in [6.07, 6.45) is 3.30. The summed E-state index contributed by atoms with van der Waals surface area (Å²) in [5.74, 6) is 0.219. The van der Waals surface area contributed by atoms with Crippen LogP contribution in [0.15, 0.2) is 83.8 Å². The smallest absolute Gasteiger partial charge is 0.187 e. The molecule has 9 heteroatoms. The first kappa shape index (κ1) is 22.9. The Hall–Kier alpha value is -4.02. The lowest BCUT2D eigenvalue weighted by molar-refractivity contribution is -0.239. The van der Waals surface area contributed by atoms with E-state index < -0.39 is 11.3 Å². The SMILES string of the molecule is NC1(c2ccc(-c3nc4ccn5c(-c6cscn6)nnc5c4cc3-c3ccccc3)cc2)CC2(C1)OCCO2. The number of aromatic nitrogens is 5. The van der Waals surface area contributed by atoms with Crippen molar-refractivity contribution in [1.82, 2.24) is 24.6 Å². The van der Waals surface area contributed by atoms with Crippen molar-refractivity contribution in [3.8, 4) is 33.9 Å². The van der Waals surface area contributed by atoms with Crippen molar-refractivity contribution in [3.63, 3.8) is 0 Å². The number of nitrogens with zero attached hydrogens (tertiary/aromatic N) is 5. The van der Waals surface area contributed by atoms with Crippen LogP contribution in [0.5, 0.6) is 0 Å². The van der Waals surface area contributed by atoms with E-state index in [9.17, 15) is 0 Å². The fourth-order valence-corrected chi connectivity index (χ4v) is 6.46. The topological polar surface area (TPSA) is 100 Å². The number of thiazole rings is 1. The van der Waals surface area contributed by atoms with Crippen molar-refractivity contribution in [2.45, 2.75) is 24.2 Å². The van der Waals surface area contributed by atoms with Crippen LogP contribution in [0, 0.1) is 0 Å². The third kappa shape index (κ3) is 3.62. The fraction of sp³-hybridized carbons (Fsp3) is 0.200. The van der Waals surface area contributed by atoms with Crippen molar-refractivity contribution in [3.05, 3.63) is 89.4 Å². The standard InChI is InChI=1S/C30H24N6O2S/c31-29(16-30(17-29)37-12-13-38-30)21-8-6-20(7-9-21)26-22(19-4-2-1-3-5-19)14-23-24(33-26)10-11-36-27(23)34-35-28(36)25-15-39-18-32-25/h1-11,14-15,18H,12-13,16-17,31H2. The molecule has 2 N–H and O–H groups in total. The predicted octanol–water partition coefficient (Wildman–Crippen LogP) is 5.43. The molecule has 1 saturated heterocycles. The highest BCUT2D eigenvalue weighted by Crippen LogP contribution is 2.51. The Bertz CT molecular complexity index is 1820. The second kappa shape index (κ2) is 8.49. The fourth-order valence-electron chi connectivity index (χ4n) is 5.93. The Balaban J connectivity index is 1.24. The van der Waals surface area contributed by atoms with E-state index in [0.717, 1.165) is 56.0 Å². The summed E-state index contributed by atoms with van der Waals surface area (Å²) in [6.45, 7) is 1.27. The van der Waals surface area contributed by atoms with Crippen LogP contribution < -0.4 is 5.73 Å².